The largest absolute Gasteiger partial charge is 0.306 e. The van der Waals surface area contributed by atoms with E-state index in [1.165, 1.54) is 12.1 Å². The summed E-state index contributed by atoms with van der Waals surface area (Å²) in [5, 5.41) is 0.286. The lowest BCUT2D eigenvalue weighted by molar-refractivity contribution is 0.628. The fraction of sp³-hybridized carbons (Fsp3) is 0.333. The fourth-order valence-corrected chi connectivity index (χ4v) is 3.69. The summed E-state index contributed by atoms with van der Waals surface area (Å²) in [6, 6.07) is 4.16. The number of nitrogens with zero attached hydrogens (tertiary/aromatic N) is 1. The van der Waals surface area contributed by atoms with Crippen molar-refractivity contribution in [2.45, 2.75) is 31.6 Å². The number of aromatic amines is 1. The van der Waals surface area contributed by atoms with Crippen LogP contribution >= 0.6 is 34.2 Å². The maximum Gasteiger partial charge on any atom is 0.264 e. The zero-order chi connectivity index (χ0) is 15.0. The summed E-state index contributed by atoms with van der Waals surface area (Å²) in [4.78, 5) is 19.4. The van der Waals surface area contributed by atoms with Crippen molar-refractivity contribution in [2.24, 2.45) is 0 Å². The highest BCUT2D eigenvalue weighted by Gasteiger charge is 2.23. The van der Waals surface area contributed by atoms with E-state index < -0.39 is 5.82 Å². The van der Waals surface area contributed by atoms with Crippen LogP contribution in [0.25, 0.3) is 11.4 Å². The SMILES string of the molecule is O=c1[nH]c(-c2cc(F)cc(Cl)c2)nc(C2CCCC2)c1I. The van der Waals surface area contributed by atoms with E-state index in [1.54, 1.807) is 6.07 Å². The molecule has 0 aliphatic heterocycles. The van der Waals surface area contributed by atoms with Gasteiger partial charge in [-0.15, -0.1) is 0 Å². The first-order valence-corrected chi connectivity index (χ1v) is 8.26. The first kappa shape index (κ1) is 15.0. The van der Waals surface area contributed by atoms with Gasteiger partial charge in [0.15, 0.2) is 0 Å². The molecule has 0 spiro atoms. The molecule has 3 nitrogen and oxygen atoms in total. The molecule has 1 aliphatic rings. The Labute approximate surface area is 140 Å². The van der Waals surface area contributed by atoms with Gasteiger partial charge in [0.25, 0.3) is 5.56 Å². The molecule has 1 heterocycles. The predicted octanol–water partition coefficient (Wildman–Crippen LogP) is 4.49. The fourth-order valence-electron chi connectivity index (χ4n) is 2.77. The van der Waals surface area contributed by atoms with Crippen molar-refractivity contribution in [2.75, 3.05) is 0 Å². The molecular weight excluding hydrogens is 406 g/mol. The van der Waals surface area contributed by atoms with Gasteiger partial charge >= 0.3 is 0 Å². The average molecular weight is 419 g/mol. The number of nitrogens with one attached hydrogen (secondary N) is 1. The molecule has 0 unspecified atom stereocenters. The molecule has 6 heteroatoms. The van der Waals surface area contributed by atoms with Crippen LogP contribution in [0, 0.1) is 9.39 Å². The molecule has 0 amide bonds. The smallest absolute Gasteiger partial charge is 0.264 e. The third-order valence-corrected chi connectivity index (χ3v) is 5.03. The molecule has 3 rings (SSSR count). The van der Waals surface area contributed by atoms with Gasteiger partial charge in [-0.3, -0.25) is 4.79 Å². The third-order valence-electron chi connectivity index (χ3n) is 3.77. The highest BCUT2D eigenvalue weighted by molar-refractivity contribution is 14.1. The summed E-state index contributed by atoms with van der Waals surface area (Å²) in [5.74, 6) is 0.256. The lowest BCUT2D eigenvalue weighted by Gasteiger charge is -2.12. The molecule has 110 valence electrons. The standard InChI is InChI=1S/C15H13ClFIN2O/c16-10-5-9(6-11(17)7-10)14-19-13(8-3-1-2-4-8)12(18)15(21)20-14/h5-8H,1-4H2,(H,19,20,21). The maximum absolute atomic E-state index is 13.5. The van der Waals surface area contributed by atoms with Crippen LogP contribution < -0.4 is 5.56 Å². The van der Waals surface area contributed by atoms with E-state index in [0.29, 0.717) is 20.9 Å². The Kier molecular flexibility index (Phi) is 4.31. The van der Waals surface area contributed by atoms with Crippen molar-refractivity contribution in [3.8, 4) is 11.4 Å². The molecule has 0 atom stereocenters. The van der Waals surface area contributed by atoms with Crippen molar-refractivity contribution in [3.05, 3.63) is 48.7 Å². The third kappa shape index (κ3) is 3.13. The Balaban J connectivity index is 2.12. The second-order valence-electron chi connectivity index (χ2n) is 5.25. The van der Waals surface area contributed by atoms with Gasteiger partial charge < -0.3 is 4.98 Å². The van der Waals surface area contributed by atoms with Gasteiger partial charge in [-0.2, -0.15) is 0 Å². The van der Waals surface area contributed by atoms with Crippen LogP contribution in [0.1, 0.15) is 37.3 Å². The van der Waals surface area contributed by atoms with E-state index in [2.05, 4.69) is 9.97 Å². The molecule has 1 saturated carbocycles. The van der Waals surface area contributed by atoms with Crippen LogP contribution in [0.4, 0.5) is 4.39 Å². The van der Waals surface area contributed by atoms with Crippen LogP contribution in [0.2, 0.25) is 5.02 Å². The van der Waals surface area contributed by atoms with Gasteiger partial charge in [0.1, 0.15) is 11.6 Å². The van der Waals surface area contributed by atoms with Crippen molar-refractivity contribution in [1.82, 2.24) is 9.97 Å². The molecule has 1 fully saturated rings. The molecule has 0 radical (unpaired) electrons. The lowest BCUT2D eigenvalue weighted by atomic mass is 10.0. The van der Waals surface area contributed by atoms with Crippen molar-refractivity contribution < 1.29 is 4.39 Å². The predicted molar refractivity (Wildman–Crippen MR) is 89.2 cm³/mol. The normalized spacial score (nSPS) is 15.6. The minimum atomic E-state index is -0.443. The van der Waals surface area contributed by atoms with Gasteiger partial charge in [0.2, 0.25) is 0 Å². The second-order valence-corrected chi connectivity index (χ2v) is 6.77. The minimum absolute atomic E-state index is 0.178. The Morgan fingerprint density at radius 1 is 1.29 bits per heavy atom. The van der Waals surface area contributed by atoms with E-state index in [-0.39, 0.29) is 10.6 Å². The number of halogens is 3. The highest BCUT2D eigenvalue weighted by atomic mass is 127. The van der Waals surface area contributed by atoms with E-state index in [9.17, 15) is 9.18 Å². The van der Waals surface area contributed by atoms with E-state index >= 15 is 0 Å². The number of benzene rings is 1. The molecule has 0 bridgehead atoms. The summed E-state index contributed by atoms with van der Waals surface area (Å²) in [7, 11) is 0. The number of rotatable bonds is 2. The van der Waals surface area contributed by atoms with Crippen molar-refractivity contribution >= 4 is 34.2 Å². The van der Waals surface area contributed by atoms with E-state index in [0.717, 1.165) is 31.4 Å². The summed E-state index contributed by atoms with van der Waals surface area (Å²) < 4.78 is 14.1. The minimum Gasteiger partial charge on any atom is -0.306 e. The Morgan fingerprint density at radius 3 is 2.67 bits per heavy atom. The van der Waals surface area contributed by atoms with Crippen LogP contribution in [-0.4, -0.2) is 9.97 Å². The van der Waals surface area contributed by atoms with Crippen molar-refractivity contribution in [1.29, 1.82) is 0 Å². The number of hydrogen-bond donors (Lipinski definition) is 1. The zero-order valence-electron chi connectivity index (χ0n) is 11.1. The van der Waals surface area contributed by atoms with E-state index in [1.807, 2.05) is 22.6 Å². The molecular formula is C15H13ClFIN2O. The Hall–Kier alpha value is -0.950. The van der Waals surface area contributed by atoms with Crippen LogP contribution in [-0.2, 0) is 0 Å². The average Bonchev–Trinajstić information content (AvgIpc) is 2.94. The van der Waals surface area contributed by atoms with E-state index in [4.69, 9.17) is 11.6 Å². The molecule has 0 saturated heterocycles. The summed E-state index contributed by atoms with van der Waals surface area (Å²) >= 11 is 7.91. The molecule has 1 aliphatic carbocycles. The number of H-pyrrole nitrogens is 1. The molecule has 1 aromatic carbocycles. The van der Waals surface area contributed by atoms with Gasteiger partial charge in [-0.05, 0) is 53.6 Å². The topological polar surface area (TPSA) is 45.8 Å². The molecule has 1 N–H and O–H groups in total. The number of aromatic nitrogens is 2. The molecule has 21 heavy (non-hydrogen) atoms. The quantitative estimate of drug-likeness (QED) is 0.730. The molecule has 1 aromatic heterocycles. The van der Waals surface area contributed by atoms with Crippen LogP contribution in [0.5, 0.6) is 0 Å². The summed E-state index contributed by atoms with van der Waals surface area (Å²) in [5.41, 5.74) is 1.14. The number of hydrogen-bond acceptors (Lipinski definition) is 2. The van der Waals surface area contributed by atoms with Crippen LogP contribution in [0.15, 0.2) is 23.0 Å². The highest BCUT2D eigenvalue weighted by Crippen LogP contribution is 2.35. The molecule has 2 aromatic rings. The first-order valence-electron chi connectivity index (χ1n) is 6.81. The second kappa shape index (κ2) is 6.04. The summed E-state index contributed by atoms with van der Waals surface area (Å²) in [6.45, 7) is 0. The first-order chi connectivity index (χ1) is 10.0. The van der Waals surface area contributed by atoms with Gasteiger partial charge in [0.05, 0.1) is 9.26 Å². The zero-order valence-corrected chi connectivity index (χ0v) is 14.0. The lowest BCUT2D eigenvalue weighted by Crippen LogP contribution is -2.18. The Bertz CT molecular complexity index is 721. The van der Waals surface area contributed by atoms with Crippen LogP contribution in [0.3, 0.4) is 0 Å². The van der Waals surface area contributed by atoms with Gasteiger partial charge in [-0.25, -0.2) is 9.37 Å². The van der Waals surface area contributed by atoms with Gasteiger partial charge in [-0.1, -0.05) is 24.4 Å². The monoisotopic (exact) mass is 418 g/mol. The Morgan fingerprint density at radius 2 is 2.00 bits per heavy atom. The van der Waals surface area contributed by atoms with Crippen molar-refractivity contribution in [3.63, 3.8) is 0 Å². The summed E-state index contributed by atoms with van der Waals surface area (Å²) in [6.07, 6.45) is 4.43. The van der Waals surface area contributed by atoms with Gasteiger partial charge in [0, 0.05) is 16.5 Å². The maximum atomic E-state index is 13.5.